The van der Waals surface area contributed by atoms with Crippen molar-refractivity contribution in [1.29, 1.82) is 0 Å². The number of carbonyl (C=O) groups is 2. The molecule has 0 spiro atoms. The highest BCUT2D eigenvalue weighted by Crippen LogP contribution is 2.23. The van der Waals surface area contributed by atoms with Gasteiger partial charge in [-0.05, 0) is 53.9 Å². The maximum absolute atomic E-state index is 12.7. The van der Waals surface area contributed by atoms with Gasteiger partial charge in [-0.2, -0.15) is 0 Å². The number of hydrogen-bond donors (Lipinski definition) is 1. The highest BCUT2D eigenvalue weighted by Gasteiger charge is 2.26. The molecule has 6 heteroatoms. The Morgan fingerprint density at radius 1 is 1.18 bits per heavy atom. The first-order chi connectivity index (χ1) is 13.5. The summed E-state index contributed by atoms with van der Waals surface area (Å²) >= 11 is 0. The van der Waals surface area contributed by atoms with Crippen LogP contribution < -0.4 is 10.5 Å². The molecule has 3 rings (SSSR count). The van der Waals surface area contributed by atoms with Crippen molar-refractivity contribution in [3.63, 3.8) is 0 Å². The summed E-state index contributed by atoms with van der Waals surface area (Å²) in [5.41, 5.74) is 6.46. The number of ether oxygens (including phenoxy) is 1. The third-order valence-corrected chi connectivity index (χ3v) is 5.48. The Morgan fingerprint density at radius 3 is 2.68 bits per heavy atom. The van der Waals surface area contributed by atoms with Crippen molar-refractivity contribution in [1.82, 2.24) is 9.80 Å². The van der Waals surface area contributed by atoms with Crippen molar-refractivity contribution in [2.45, 2.75) is 38.3 Å². The molecule has 0 bridgehead atoms. The number of likely N-dealkylation sites (N-methyl/N-ethyl adjacent to an activating group) is 1. The standard InChI is InChI=1S/C22H29N3O3/c1-24(22(27)15-25-10-4-3-5-19(25)13-21(23)26)14-16-6-7-18-12-20(28-2)9-8-17(18)11-16/h6-9,11-12,19H,3-5,10,13-15H2,1-2H3,(H2,23,26)/t19-/m0/s1. The number of rotatable bonds is 7. The summed E-state index contributed by atoms with van der Waals surface area (Å²) in [4.78, 5) is 27.9. The third kappa shape index (κ3) is 5.01. The SMILES string of the molecule is COc1ccc2cc(CN(C)C(=O)CN3CCCC[C@H]3CC(N)=O)ccc2c1. The quantitative estimate of drug-likeness (QED) is 0.797. The molecule has 0 aliphatic carbocycles. The van der Waals surface area contributed by atoms with E-state index in [0.717, 1.165) is 47.9 Å². The monoisotopic (exact) mass is 383 g/mol. The fourth-order valence-electron chi connectivity index (χ4n) is 3.89. The van der Waals surface area contributed by atoms with Crippen LogP contribution in [-0.4, -0.2) is 54.9 Å². The van der Waals surface area contributed by atoms with Crippen molar-refractivity contribution in [3.8, 4) is 5.75 Å². The van der Waals surface area contributed by atoms with Gasteiger partial charge in [0.2, 0.25) is 11.8 Å². The Kier molecular flexibility index (Phi) is 6.52. The van der Waals surface area contributed by atoms with Crippen LogP contribution in [0.4, 0.5) is 0 Å². The van der Waals surface area contributed by atoms with Crippen molar-refractivity contribution in [3.05, 3.63) is 42.0 Å². The van der Waals surface area contributed by atoms with Gasteiger partial charge in [0, 0.05) is 26.1 Å². The molecule has 150 valence electrons. The maximum atomic E-state index is 12.7. The topological polar surface area (TPSA) is 75.9 Å². The smallest absolute Gasteiger partial charge is 0.236 e. The number of nitrogens with two attached hydrogens (primary N) is 1. The Morgan fingerprint density at radius 2 is 1.93 bits per heavy atom. The number of benzene rings is 2. The van der Waals surface area contributed by atoms with E-state index < -0.39 is 0 Å². The van der Waals surface area contributed by atoms with Gasteiger partial charge in [0.05, 0.1) is 13.7 Å². The van der Waals surface area contributed by atoms with Gasteiger partial charge in [-0.1, -0.05) is 24.6 Å². The van der Waals surface area contributed by atoms with E-state index in [4.69, 9.17) is 10.5 Å². The minimum atomic E-state index is -0.300. The van der Waals surface area contributed by atoms with Gasteiger partial charge in [0.15, 0.2) is 0 Å². The number of primary amides is 1. The molecule has 1 atom stereocenters. The first kappa shape index (κ1) is 20.1. The van der Waals surface area contributed by atoms with Gasteiger partial charge in [0.25, 0.3) is 0 Å². The summed E-state index contributed by atoms with van der Waals surface area (Å²) in [6, 6.07) is 12.3. The Labute approximate surface area is 166 Å². The summed E-state index contributed by atoms with van der Waals surface area (Å²) < 4.78 is 5.27. The summed E-state index contributed by atoms with van der Waals surface area (Å²) in [5.74, 6) is 0.594. The minimum Gasteiger partial charge on any atom is -0.497 e. The molecule has 0 saturated carbocycles. The van der Waals surface area contributed by atoms with E-state index >= 15 is 0 Å². The van der Waals surface area contributed by atoms with Gasteiger partial charge < -0.3 is 15.4 Å². The third-order valence-electron chi connectivity index (χ3n) is 5.48. The maximum Gasteiger partial charge on any atom is 0.236 e. The molecule has 2 N–H and O–H groups in total. The number of amides is 2. The first-order valence-corrected chi connectivity index (χ1v) is 9.79. The summed E-state index contributed by atoms with van der Waals surface area (Å²) in [7, 11) is 3.49. The van der Waals surface area contributed by atoms with E-state index in [-0.39, 0.29) is 17.9 Å². The molecule has 1 aliphatic heterocycles. The number of fused-ring (bicyclic) bond motifs is 1. The number of hydrogen-bond acceptors (Lipinski definition) is 4. The number of piperidine rings is 1. The van der Waals surface area contributed by atoms with Crippen molar-refractivity contribution < 1.29 is 14.3 Å². The predicted molar refractivity (Wildman–Crippen MR) is 110 cm³/mol. The Balaban J connectivity index is 1.63. The van der Waals surface area contributed by atoms with Crippen LogP contribution in [0.1, 0.15) is 31.2 Å². The lowest BCUT2D eigenvalue weighted by atomic mass is 9.99. The van der Waals surface area contributed by atoms with Crippen LogP contribution in [0.15, 0.2) is 36.4 Å². The summed E-state index contributed by atoms with van der Waals surface area (Å²) in [5, 5.41) is 2.23. The molecule has 0 radical (unpaired) electrons. The molecule has 2 amide bonds. The largest absolute Gasteiger partial charge is 0.497 e. The lowest BCUT2D eigenvalue weighted by molar-refractivity contribution is -0.133. The molecule has 1 heterocycles. The average molecular weight is 383 g/mol. The normalized spacial score (nSPS) is 17.4. The molecule has 28 heavy (non-hydrogen) atoms. The lowest BCUT2D eigenvalue weighted by Crippen LogP contribution is -2.47. The second-order valence-electron chi connectivity index (χ2n) is 7.59. The average Bonchev–Trinajstić information content (AvgIpc) is 2.68. The van der Waals surface area contributed by atoms with Crippen molar-refractivity contribution >= 4 is 22.6 Å². The second kappa shape index (κ2) is 9.06. The molecule has 1 fully saturated rings. The van der Waals surface area contributed by atoms with Crippen LogP contribution in [0.2, 0.25) is 0 Å². The van der Waals surface area contributed by atoms with Gasteiger partial charge in [-0.25, -0.2) is 0 Å². The van der Waals surface area contributed by atoms with Crippen LogP contribution in [0, 0.1) is 0 Å². The number of nitrogens with zero attached hydrogens (tertiary/aromatic N) is 2. The molecule has 0 aromatic heterocycles. The van der Waals surface area contributed by atoms with Gasteiger partial charge in [0.1, 0.15) is 5.75 Å². The van der Waals surface area contributed by atoms with Crippen LogP contribution in [-0.2, 0) is 16.1 Å². The van der Waals surface area contributed by atoms with E-state index in [0.29, 0.717) is 19.5 Å². The molecule has 6 nitrogen and oxygen atoms in total. The Bertz CT molecular complexity index is 852. The fourth-order valence-corrected chi connectivity index (χ4v) is 3.89. The van der Waals surface area contributed by atoms with Gasteiger partial charge in [-0.3, -0.25) is 14.5 Å². The van der Waals surface area contributed by atoms with Crippen LogP contribution in [0.25, 0.3) is 10.8 Å². The summed E-state index contributed by atoms with van der Waals surface area (Å²) in [6.07, 6.45) is 3.39. The zero-order valence-electron chi connectivity index (χ0n) is 16.7. The number of carbonyl (C=O) groups excluding carboxylic acids is 2. The zero-order chi connectivity index (χ0) is 20.1. The van der Waals surface area contributed by atoms with Crippen LogP contribution >= 0.6 is 0 Å². The molecular weight excluding hydrogens is 354 g/mol. The number of methoxy groups -OCH3 is 1. The predicted octanol–water partition coefficient (Wildman–Crippen LogP) is 2.54. The molecule has 2 aromatic carbocycles. The summed E-state index contributed by atoms with van der Waals surface area (Å²) in [6.45, 7) is 1.73. The van der Waals surface area contributed by atoms with Gasteiger partial charge in [-0.15, -0.1) is 0 Å². The van der Waals surface area contributed by atoms with Crippen LogP contribution in [0.5, 0.6) is 5.75 Å². The number of likely N-dealkylation sites (tertiary alicyclic amines) is 1. The highest BCUT2D eigenvalue weighted by molar-refractivity contribution is 5.85. The van der Waals surface area contributed by atoms with E-state index in [1.54, 1.807) is 12.0 Å². The molecule has 0 unspecified atom stereocenters. The van der Waals surface area contributed by atoms with E-state index in [9.17, 15) is 9.59 Å². The molecule has 2 aromatic rings. The highest BCUT2D eigenvalue weighted by atomic mass is 16.5. The lowest BCUT2D eigenvalue weighted by Gasteiger charge is -2.35. The van der Waals surface area contributed by atoms with Crippen molar-refractivity contribution in [2.24, 2.45) is 5.73 Å². The Hall–Kier alpha value is -2.60. The van der Waals surface area contributed by atoms with E-state index in [2.05, 4.69) is 17.0 Å². The van der Waals surface area contributed by atoms with Crippen LogP contribution in [0.3, 0.4) is 0 Å². The zero-order valence-corrected chi connectivity index (χ0v) is 16.7. The van der Waals surface area contributed by atoms with E-state index in [1.807, 2.05) is 31.3 Å². The molecular formula is C22H29N3O3. The minimum absolute atomic E-state index is 0.0613. The van der Waals surface area contributed by atoms with Gasteiger partial charge >= 0.3 is 0 Å². The second-order valence-corrected chi connectivity index (χ2v) is 7.59. The first-order valence-electron chi connectivity index (χ1n) is 9.79. The fraction of sp³-hybridized carbons (Fsp3) is 0.455. The molecule has 1 saturated heterocycles. The van der Waals surface area contributed by atoms with Crippen molar-refractivity contribution in [2.75, 3.05) is 27.2 Å². The molecule has 1 aliphatic rings. The van der Waals surface area contributed by atoms with E-state index in [1.165, 1.54) is 0 Å².